The van der Waals surface area contributed by atoms with Crippen molar-refractivity contribution in [3.8, 4) is 0 Å². The van der Waals surface area contributed by atoms with E-state index in [1.807, 2.05) is 0 Å². The Hall–Kier alpha value is -2.90. The molecule has 1 aliphatic heterocycles. The van der Waals surface area contributed by atoms with E-state index in [0.29, 0.717) is 5.69 Å². The molecule has 2 amide bonds. The van der Waals surface area contributed by atoms with Gasteiger partial charge in [-0.15, -0.1) is 0 Å². The summed E-state index contributed by atoms with van der Waals surface area (Å²) in [6.45, 7) is 5.14. The monoisotopic (exact) mass is 347 g/mol. The minimum Gasteiger partial charge on any atom is -0.481 e. The average molecular weight is 347 g/mol. The molecule has 0 fully saturated rings. The Morgan fingerprint density at radius 2 is 1.92 bits per heavy atom. The Labute approximate surface area is 145 Å². The fourth-order valence-corrected chi connectivity index (χ4v) is 2.29. The number of amides is 2. The smallest absolute Gasteiger partial charge is 0.413 e. The summed E-state index contributed by atoms with van der Waals surface area (Å²) < 4.78 is 5.17. The number of hydrogen-bond acceptors (Lipinski definition) is 5. The zero-order valence-electron chi connectivity index (χ0n) is 14.4. The lowest BCUT2D eigenvalue weighted by Crippen LogP contribution is -2.40. The van der Waals surface area contributed by atoms with Crippen LogP contribution in [0.25, 0.3) is 0 Å². The number of nitrogens with zero attached hydrogens (tertiary/aromatic N) is 2. The Morgan fingerprint density at radius 3 is 2.48 bits per heavy atom. The number of carbonyl (C=O) groups excluding carboxylic acids is 2. The predicted octanol–water partition coefficient (Wildman–Crippen LogP) is 2.35. The van der Waals surface area contributed by atoms with Crippen LogP contribution in [0, 0.1) is 5.92 Å². The molecule has 0 aliphatic carbocycles. The molecule has 0 saturated carbocycles. The highest BCUT2D eigenvalue weighted by Gasteiger charge is 2.38. The van der Waals surface area contributed by atoms with Crippen molar-refractivity contribution in [2.75, 3.05) is 5.01 Å². The molecule has 1 heterocycles. The molecule has 1 atom stereocenters. The molecule has 1 unspecified atom stereocenters. The van der Waals surface area contributed by atoms with E-state index in [-0.39, 0.29) is 18.7 Å². The van der Waals surface area contributed by atoms with Crippen molar-refractivity contribution in [3.63, 3.8) is 0 Å². The van der Waals surface area contributed by atoms with Crippen molar-refractivity contribution in [3.05, 3.63) is 30.3 Å². The van der Waals surface area contributed by atoms with E-state index in [0.717, 1.165) is 0 Å². The molecule has 0 aromatic heterocycles. The maximum Gasteiger partial charge on any atom is 0.413 e. The number of benzene rings is 1. The van der Waals surface area contributed by atoms with Gasteiger partial charge in [0, 0.05) is 6.42 Å². The van der Waals surface area contributed by atoms with Crippen LogP contribution in [0.1, 0.15) is 33.6 Å². The number of alkyl carbamates (subject to hydrolysis) is 1. The number of ether oxygens (including phenoxy) is 1. The molecule has 2 rings (SSSR count). The van der Waals surface area contributed by atoms with Crippen molar-refractivity contribution >= 4 is 29.5 Å². The molecule has 25 heavy (non-hydrogen) atoms. The summed E-state index contributed by atoms with van der Waals surface area (Å²) in [6.07, 6.45) is -0.922. The van der Waals surface area contributed by atoms with Crippen LogP contribution < -0.4 is 10.3 Å². The van der Waals surface area contributed by atoms with Crippen LogP contribution in [0.3, 0.4) is 0 Å². The molecule has 1 aromatic carbocycles. The van der Waals surface area contributed by atoms with Gasteiger partial charge >= 0.3 is 12.1 Å². The number of amidine groups is 1. The quantitative estimate of drug-likeness (QED) is 0.869. The van der Waals surface area contributed by atoms with E-state index in [1.54, 1.807) is 51.1 Å². The summed E-state index contributed by atoms with van der Waals surface area (Å²) >= 11 is 0. The molecule has 2 N–H and O–H groups in total. The Morgan fingerprint density at radius 1 is 1.28 bits per heavy atom. The lowest BCUT2D eigenvalue weighted by atomic mass is 10.0. The van der Waals surface area contributed by atoms with Gasteiger partial charge in [-0.25, -0.2) is 4.79 Å². The molecule has 8 nitrogen and oxygen atoms in total. The van der Waals surface area contributed by atoms with Crippen LogP contribution in [0.5, 0.6) is 0 Å². The van der Waals surface area contributed by atoms with E-state index in [4.69, 9.17) is 9.84 Å². The summed E-state index contributed by atoms with van der Waals surface area (Å²) in [5.41, 5.74) is -0.169. The fraction of sp³-hybridized carbons (Fsp3) is 0.412. The number of para-hydroxylation sites is 1. The van der Waals surface area contributed by atoms with Crippen LogP contribution in [0.4, 0.5) is 10.5 Å². The van der Waals surface area contributed by atoms with E-state index >= 15 is 0 Å². The summed E-state index contributed by atoms with van der Waals surface area (Å²) in [4.78, 5) is 35.5. The fourth-order valence-electron chi connectivity index (χ4n) is 2.29. The molecule has 8 heteroatoms. The maximum absolute atomic E-state index is 12.6. The van der Waals surface area contributed by atoms with Crippen molar-refractivity contribution < 1.29 is 24.2 Å². The van der Waals surface area contributed by atoms with Crippen molar-refractivity contribution in [1.82, 2.24) is 5.32 Å². The van der Waals surface area contributed by atoms with Crippen LogP contribution in [0.15, 0.2) is 35.4 Å². The molecular formula is C17H21N3O5. The minimum absolute atomic E-state index is 0.0339. The lowest BCUT2D eigenvalue weighted by Gasteiger charge is -2.20. The highest BCUT2D eigenvalue weighted by Crippen LogP contribution is 2.25. The van der Waals surface area contributed by atoms with Gasteiger partial charge in [-0.05, 0) is 39.3 Å². The molecule has 1 aliphatic rings. The first-order chi connectivity index (χ1) is 11.7. The third kappa shape index (κ3) is 5.03. The van der Waals surface area contributed by atoms with Crippen LogP contribution in [-0.2, 0) is 14.3 Å². The normalized spacial score (nSPS) is 17.2. The standard InChI is InChI=1S/C17H21N3O5/c1-17(2,3)25-16(24)18-14-12(9-10-13(21)22)15(23)20(19-14)11-7-5-4-6-8-11/h4-8,12H,9-10H2,1-3H3,(H,21,22)(H,18,19,24). The van der Waals surface area contributed by atoms with Crippen LogP contribution >= 0.6 is 0 Å². The van der Waals surface area contributed by atoms with Gasteiger partial charge in [-0.2, -0.15) is 10.1 Å². The first-order valence-electron chi connectivity index (χ1n) is 7.86. The van der Waals surface area contributed by atoms with Crippen molar-refractivity contribution in [2.45, 2.75) is 39.2 Å². The minimum atomic E-state index is -1.03. The topological polar surface area (TPSA) is 108 Å². The number of carboxylic acid groups (broad SMARTS) is 1. The highest BCUT2D eigenvalue weighted by molar-refractivity contribution is 6.17. The average Bonchev–Trinajstić information content (AvgIpc) is 2.80. The number of hydrogen-bond donors (Lipinski definition) is 2. The molecule has 0 saturated heterocycles. The molecule has 1 aromatic rings. The Kier molecular flexibility index (Phi) is 5.41. The molecule has 0 radical (unpaired) electrons. The zero-order chi connectivity index (χ0) is 18.6. The van der Waals surface area contributed by atoms with Gasteiger partial charge in [0.15, 0.2) is 0 Å². The van der Waals surface area contributed by atoms with Gasteiger partial charge in [0.25, 0.3) is 5.91 Å². The Bertz CT molecular complexity index is 694. The van der Waals surface area contributed by atoms with E-state index in [1.165, 1.54) is 5.01 Å². The first kappa shape index (κ1) is 18.4. The van der Waals surface area contributed by atoms with E-state index in [9.17, 15) is 14.4 Å². The van der Waals surface area contributed by atoms with Gasteiger partial charge in [0.05, 0.1) is 5.69 Å². The summed E-state index contributed by atoms with van der Waals surface area (Å²) in [5.74, 6) is -2.17. The third-order valence-electron chi connectivity index (χ3n) is 3.32. The summed E-state index contributed by atoms with van der Waals surface area (Å²) in [7, 11) is 0. The van der Waals surface area contributed by atoms with Crippen LogP contribution in [0.2, 0.25) is 0 Å². The zero-order valence-corrected chi connectivity index (χ0v) is 14.4. The second-order valence-corrected chi connectivity index (χ2v) is 6.58. The number of rotatable bonds is 4. The first-order valence-corrected chi connectivity index (χ1v) is 7.86. The van der Waals surface area contributed by atoms with Crippen LogP contribution in [-0.4, -0.2) is 34.5 Å². The van der Waals surface area contributed by atoms with Crippen molar-refractivity contribution in [1.29, 1.82) is 0 Å². The number of anilines is 1. The summed E-state index contributed by atoms with van der Waals surface area (Å²) in [5, 5.41) is 16.7. The second-order valence-electron chi connectivity index (χ2n) is 6.58. The van der Waals surface area contributed by atoms with Gasteiger partial charge in [0.1, 0.15) is 17.4 Å². The number of carbonyl (C=O) groups is 3. The number of carboxylic acids is 1. The number of aliphatic carboxylic acids is 1. The largest absolute Gasteiger partial charge is 0.481 e. The predicted molar refractivity (Wildman–Crippen MR) is 91.1 cm³/mol. The maximum atomic E-state index is 12.6. The number of nitrogens with one attached hydrogen (secondary N) is 1. The summed E-state index contributed by atoms with van der Waals surface area (Å²) in [6, 6.07) is 8.71. The Balaban J connectivity index is 2.22. The third-order valence-corrected chi connectivity index (χ3v) is 3.32. The van der Waals surface area contributed by atoms with Gasteiger partial charge in [0.2, 0.25) is 0 Å². The number of hydrazone groups is 1. The van der Waals surface area contributed by atoms with E-state index in [2.05, 4.69) is 10.4 Å². The highest BCUT2D eigenvalue weighted by atomic mass is 16.6. The molecule has 134 valence electrons. The SMILES string of the molecule is CC(C)(C)OC(=O)NC1=NN(c2ccccc2)C(=O)C1CCC(=O)O. The molecule has 0 bridgehead atoms. The molecule has 0 spiro atoms. The van der Waals surface area contributed by atoms with Crippen molar-refractivity contribution in [2.24, 2.45) is 11.0 Å². The van der Waals surface area contributed by atoms with Gasteiger partial charge in [-0.1, -0.05) is 18.2 Å². The second kappa shape index (κ2) is 7.33. The van der Waals surface area contributed by atoms with Gasteiger partial charge in [-0.3, -0.25) is 14.9 Å². The van der Waals surface area contributed by atoms with Gasteiger partial charge < -0.3 is 9.84 Å². The lowest BCUT2D eigenvalue weighted by molar-refractivity contribution is -0.137. The molecular weight excluding hydrogens is 326 g/mol. The van der Waals surface area contributed by atoms with E-state index < -0.39 is 29.5 Å².